The lowest BCUT2D eigenvalue weighted by Crippen LogP contribution is -2.27. The summed E-state index contributed by atoms with van der Waals surface area (Å²) in [6, 6.07) is 8.33. The molecule has 0 saturated heterocycles. The SMILES string of the molecule is CNCCNCc1cc(NC(=O)c2ccc(C)c(N(N)/C=C(\N)c3cnn(C)c3C)c2)cc(C(F)(F)F)c1. The molecule has 0 unspecified atom stereocenters. The number of hydrogen-bond acceptors (Lipinski definition) is 7. The molecular weight excluding hydrogens is 497 g/mol. The Hall–Kier alpha value is -3.87. The summed E-state index contributed by atoms with van der Waals surface area (Å²) >= 11 is 0. The molecule has 0 radical (unpaired) electrons. The maximum absolute atomic E-state index is 13.5. The van der Waals surface area contributed by atoms with Gasteiger partial charge in [0.1, 0.15) is 0 Å². The van der Waals surface area contributed by atoms with Gasteiger partial charge in [0.15, 0.2) is 0 Å². The molecule has 3 rings (SSSR count). The van der Waals surface area contributed by atoms with Gasteiger partial charge < -0.3 is 21.7 Å². The number of aromatic nitrogens is 2. The number of halogens is 3. The molecule has 204 valence electrons. The monoisotopic (exact) mass is 530 g/mol. The third-order valence-corrected chi connectivity index (χ3v) is 6.03. The molecule has 2 aromatic carbocycles. The van der Waals surface area contributed by atoms with Crippen molar-refractivity contribution in [3.05, 3.63) is 82.3 Å². The summed E-state index contributed by atoms with van der Waals surface area (Å²) in [6.07, 6.45) is -1.41. The number of rotatable bonds is 10. The van der Waals surface area contributed by atoms with E-state index in [0.717, 1.165) is 29.0 Å². The highest BCUT2D eigenvalue weighted by Crippen LogP contribution is 2.32. The fourth-order valence-electron chi connectivity index (χ4n) is 3.78. The Bertz CT molecular complexity index is 1320. The standard InChI is InChI=1S/C26H33F3N8O/c1-16-5-6-19(11-24(16)37(31)15-23(30)22-14-34-36(4)17(22)2)25(38)35-21-10-18(13-33-8-7-32-3)9-20(12-21)26(27,28)29/h5-6,9-12,14-15,32-33H,7-8,13,30-31H2,1-4H3,(H,35,38)/b23-15-. The van der Waals surface area contributed by atoms with Crippen molar-refractivity contribution in [2.75, 3.05) is 30.5 Å². The minimum atomic E-state index is -4.56. The van der Waals surface area contributed by atoms with Crippen LogP contribution in [0.1, 0.15) is 38.3 Å². The molecule has 0 aliphatic carbocycles. The van der Waals surface area contributed by atoms with E-state index in [4.69, 9.17) is 11.6 Å². The largest absolute Gasteiger partial charge is 0.416 e. The predicted molar refractivity (Wildman–Crippen MR) is 143 cm³/mol. The van der Waals surface area contributed by atoms with Gasteiger partial charge in [-0.25, -0.2) is 5.84 Å². The molecule has 1 amide bonds. The van der Waals surface area contributed by atoms with Crippen LogP contribution >= 0.6 is 0 Å². The zero-order chi connectivity index (χ0) is 28.0. The normalized spacial score (nSPS) is 12.1. The Kier molecular flexibility index (Phi) is 9.15. The molecule has 7 N–H and O–H groups in total. The van der Waals surface area contributed by atoms with Gasteiger partial charge in [-0.05, 0) is 62.4 Å². The van der Waals surface area contributed by atoms with Crippen molar-refractivity contribution >= 4 is 23.0 Å². The topological polar surface area (TPSA) is 126 Å². The van der Waals surface area contributed by atoms with E-state index in [9.17, 15) is 18.0 Å². The van der Waals surface area contributed by atoms with Gasteiger partial charge in [0.2, 0.25) is 0 Å². The van der Waals surface area contributed by atoms with Gasteiger partial charge in [0, 0.05) is 55.4 Å². The van der Waals surface area contributed by atoms with Crippen molar-refractivity contribution in [2.24, 2.45) is 18.6 Å². The van der Waals surface area contributed by atoms with Crippen LogP contribution in [-0.2, 0) is 19.8 Å². The van der Waals surface area contributed by atoms with Gasteiger partial charge in [-0.1, -0.05) is 6.07 Å². The number of hydrazine groups is 1. The van der Waals surface area contributed by atoms with E-state index < -0.39 is 17.6 Å². The number of anilines is 2. The first-order valence-electron chi connectivity index (χ1n) is 11.9. The number of likely N-dealkylation sites (N-methyl/N-ethyl adjacent to an activating group) is 1. The van der Waals surface area contributed by atoms with Crippen LogP contribution in [0.3, 0.4) is 0 Å². The predicted octanol–water partition coefficient (Wildman–Crippen LogP) is 3.25. The molecule has 0 aliphatic heterocycles. The lowest BCUT2D eigenvalue weighted by atomic mass is 10.1. The van der Waals surface area contributed by atoms with Crippen LogP contribution < -0.4 is 32.5 Å². The van der Waals surface area contributed by atoms with Gasteiger partial charge in [0.05, 0.1) is 23.1 Å². The first-order valence-corrected chi connectivity index (χ1v) is 11.9. The summed E-state index contributed by atoms with van der Waals surface area (Å²) in [6.45, 7) is 5.15. The lowest BCUT2D eigenvalue weighted by Gasteiger charge is -2.19. The second-order valence-corrected chi connectivity index (χ2v) is 8.91. The third-order valence-electron chi connectivity index (χ3n) is 6.03. The highest BCUT2D eigenvalue weighted by molar-refractivity contribution is 6.05. The number of nitrogens with two attached hydrogens (primary N) is 2. The van der Waals surface area contributed by atoms with Crippen molar-refractivity contribution in [1.82, 2.24) is 20.4 Å². The molecular formula is C26H33F3N8O. The Morgan fingerprint density at radius 1 is 1.16 bits per heavy atom. The molecule has 1 heterocycles. The van der Waals surface area contributed by atoms with Crippen LogP contribution in [0.4, 0.5) is 24.5 Å². The van der Waals surface area contributed by atoms with Crippen LogP contribution in [0.5, 0.6) is 0 Å². The number of carbonyl (C=O) groups excluding carboxylic acids is 1. The first kappa shape index (κ1) is 28.7. The maximum atomic E-state index is 13.5. The van der Waals surface area contributed by atoms with Crippen LogP contribution in [0.15, 0.2) is 48.8 Å². The number of alkyl halides is 3. The average Bonchev–Trinajstić information content (AvgIpc) is 3.19. The Labute approximate surface area is 219 Å². The summed E-state index contributed by atoms with van der Waals surface area (Å²) in [7, 11) is 3.58. The maximum Gasteiger partial charge on any atom is 0.416 e. The first-order chi connectivity index (χ1) is 17.9. The van der Waals surface area contributed by atoms with Crippen molar-refractivity contribution < 1.29 is 18.0 Å². The van der Waals surface area contributed by atoms with E-state index in [1.165, 1.54) is 17.3 Å². The van der Waals surface area contributed by atoms with E-state index >= 15 is 0 Å². The summed E-state index contributed by atoms with van der Waals surface area (Å²) in [5.74, 6) is 5.67. The number of aryl methyl sites for hydroxylation is 2. The van der Waals surface area contributed by atoms with Crippen molar-refractivity contribution in [3.8, 4) is 0 Å². The summed E-state index contributed by atoms with van der Waals surface area (Å²) in [5.41, 5.74) is 9.26. The smallest absolute Gasteiger partial charge is 0.397 e. The minimum absolute atomic E-state index is 0.0400. The van der Waals surface area contributed by atoms with Gasteiger partial charge >= 0.3 is 6.18 Å². The van der Waals surface area contributed by atoms with Crippen molar-refractivity contribution in [2.45, 2.75) is 26.6 Å². The fourth-order valence-corrected chi connectivity index (χ4v) is 3.78. The molecule has 1 aromatic heterocycles. The highest BCUT2D eigenvalue weighted by Gasteiger charge is 2.31. The zero-order valence-electron chi connectivity index (χ0n) is 21.8. The second kappa shape index (κ2) is 12.1. The van der Waals surface area contributed by atoms with Crippen LogP contribution in [0.2, 0.25) is 0 Å². The second-order valence-electron chi connectivity index (χ2n) is 8.91. The Balaban J connectivity index is 1.84. The van der Waals surface area contributed by atoms with Crippen LogP contribution in [-0.4, -0.2) is 35.8 Å². The van der Waals surface area contributed by atoms with Crippen LogP contribution in [0, 0.1) is 13.8 Å². The number of carbonyl (C=O) groups is 1. The molecule has 0 aliphatic rings. The number of nitrogens with one attached hydrogen (secondary N) is 3. The van der Waals surface area contributed by atoms with Crippen molar-refractivity contribution in [1.29, 1.82) is 0 Å². The molecule has 9 nitrogen and oxygen atoms in total. The number of amides is 1. The van der Waals surface area contributed by atoms with E-state index in [-0.39, 0.29) is 17.8 Å². The highest BCUT2D eigenvalue weighted by atomic mass is 19.4. The van der Waals surface area contributed by atoms with E-state index in [2.05, 4.69) is 21.0 Å². The molecule has 0 spiro atoms. The fraction of sp³-hybridized carbons (Fsp3) is 0.308. The summed E-state index contributed by atoms with van der Waals surface area (Å²) < 4.78 is 42.2. The molecule has 0 atom stereocenters. The molecule has 0 saturated carbocycles. The van der Waals surface area contributed by atoms with E-state index in [0.29, 0.717) is 30.0 Å². The lowest BCUT2D eigenvalue weighted by molar-refractivity contribution is -0.137. The Morgan fingerprint density at radius 2 is 1.89 bits per heavy atom. The quantitative estimate of drug-likeness (QED) is 0.155. The van der Waals surface area contributed by atoms with E-state index in [1.54, 1.807) is 43.2 Å². The van der Waals surface area contributed by atoms with E-state index in [1.807, 2.05) is 13.8 Å². The number of nitrogens with zero attached hydrogens (tertiary/aromatic N) is 3. The number of hydrogen-bond donors (Lipinski definition) is 5. The van der Waals surface area contributed by atoms with Gasteiger partial charge in [-0.2, -0.15) is 18.3 Å². The van der Waals surface area contributed by atoms with Crippen molar-refractivity contribution in [3.63, 3.8) is 0 Å². The Morgan fingerprint density at radius 3 is 2.53 bits per heavy atom. The third kappa shape index (κ3) is 7.12. The zero-order valence-corrected chi connectivity index (χ0v) is 21.8. The molecule has 0 bridgehead atoms. The molecule has 38 heavy (non-hydrogen) atoms. The molecule has 0 fully saturated rings. The van der Waals surface area contributed by atoms with Gasteiger partial charge in [-0.3, -0.25) is 14.5 Å². The minimum Gasteiger partial charge on any atom is -0.397 e. The number of benzene rings is 2. The van der Waals surface area contributed by atoms with Gasteiger partial charge in [0.25, 0.3) is 5.91 Å². The van der Waals surface area contributed by atoms with Gasteiger partial charge in [-0.15, -0.1) is 0 Å². The summed E-state index contributed by atoms with van der Waals surface area (Å²) in [5, 5.41) is 14.1. The average molecular weight is 531 g/mol. The molecule has 3 aromatic rings. The summed E-state index contributed by atoms with van der Waals surface area (Å²) in [4.78, 5) is 13.0. The molecule has 12 heteroatoms. The van der Waals surface area contributed by atoms with Crippen LogP contribution in [0.25, 0.3) is 5.70 Å².